The van der Waals surface area contributed by atoms with E-state index in [2.05, 4.69) is 58.9 Å². The van der Waals surface area contributed by atoms with E-state index >= 15 is 0 Å². The minimum Gasteiger partial charge on any atom is -0.370 e. The molecule has 0 saturated carbocycles. The summed E-state index contributed by atoms with van der Waals surface area (Å²) in [5, 5.41) is 3.36. The van der Waals surface area contributed by atoms with Crippen molar-refractivity contribution in [2.75, 3.05) is 23.4 Å². The highest BCUT2D eigenvalue weighted by Crippen LogP contribution is 2.22. The summed E-state index contributed by atoms with van der Waals surface area (Å²) in [6, 6.07) is 1.93. The maximum Gasteiger partial charge on any atom is 0.137 e. The first-order valence-electron chi connectivity index (χ1n) is 6.30. The van der Waals surface area contributed by atoms with E-state index in [9.17, 15) is 0 Å². The van der Waals surface area contributed by atoms with Crippen LogP contribution in [0, 0.1) is 0 Å². The lowest BCUT2D eigenvalue weighted by molar-refractivity contribution is 0.544. The summed E-state index contributed by atoms with van der Waals surface area (Å²) < 4.78 is 0.841. The van der Waals surface area contributed by atoms with Gasteiger partial charge in [-0.25, -0.2) is 9.97 Å². The van der Waals surface area contributed by atoms with Crippen LogP contribution in [0.4, 0.5) is 5.82 Å². The van der Waals surface area contributed by atoms with E-state index in [1.165, 1.54) is 11.5 Å². The van der Waals surface area contributed by atoms with Crippen molar-refractivity contribution in [2.45, 2.75) is 39.5 Å². The van der Waals surface area contributed by atoms with Gasteiger partial charge in [0.1, 0.15) is 16.2 Å². The molecule has 3 nitrogen and oxygen atoms in total. The SMILES string of the molecule is CCSCCCNc1cc(Br)nc(C(C)(C)C)n1. The third-order valence-electron chi connectivity index (χ3n) is 2.34. The standard InChI is InChI=1S/C13H22BrN3S/c1-5-18-8-6-7-15-11-9-10(14)16-12(17-11)13(2,3)4/h9H,5-8H2,1-4H3,(H,15,16,17). The number of nitrogens with one attached hydrogen (secondary N) is 1. The zero-order valence-electron chi connectivity index (χ0n) is 11.6. The molecule has 0 fully saturated rings. The van der Waals surface area contributed by atoms with E-state index in [1.54, 1.807) is 0 Å². The molecule has 18 heavy (non-hydrogen) atoms. The van der Waals surface area contributed by atoms with Crippen LogP contribution in [0.15, 0.2) is 10.7 Å². The zero-order valence-corrected chi connectivity index (χ0v) is 14.0. The molecular weight excluding hydrogens is 310 g/mol. The zero-order chi connectivity index (χ0) is 13.6. The topological polar surface area (TPSA) is 37.8 Å². The lowest BCUT2D eigenvalue weighted by Crippen LogP contribution is -2.17. The Labute approximate surface area is 123 Å². The Bertz CT molecular complexity index is 377. The molecule has 0 unspecified atom stereocenters. The second kappa shape index (κ2) is 7.34. The smallest absolute Gasteiger partial charge is 0.137 e. The normalized spacial score (nSPS) is 11.6. The van der Waals surface area contributed by atoms with Crippen molar-refractivity contribution in [2.24, 2.45) is 0 Å². The number of nitrogens with zero attached hydrogens (tertiary/aromatic N) is 2. The molecule has 0 aromatic carbocycles. The Morgan fingerprint density at radius 2 is 2.06 bits per heavy atom. The van der Waals surface area contributed by atoms with Crippen molar-refractivity contribution in [3.63, 3.8) is 0 Å². The van der Waals surface area contributed by atoms with Crippen LogP contribution in [-0.2, 0) is 5.41 Å². The van der Waals surface area contributed by atoms with Crippen molar-refractivity contribution in [1.29, 1.82) is 0 Å². The molecule has 0 aliphatic carbocycles. The predicted octanol–water partition coefficient (Wildman–Crippen LogP) is 4.09. The van der Waals surface area contributed by atoms with Crippen molar-refractivity contribution < 1.29 is 0 Å². The first-order valence-corrected chi connectivity index (χ1v) is 8.25. The number of rotatable bonds is 6. The monoisotopic (exact) mass is 331 g/mol. The van der Waals surface area contributed by atoms with Crippen molar-refractivity contribution in [3.8, 4) is 0 Å². The van der Waals surface area contributed by atoms with E-state index in [0.29, 0.717) is 0 Å². The average molecular weight is 332 g/mol. The minimum absolute atomic E-state index is 0.0295. The number of anilines is 1. The highest BCUT2D eigenvalue weighted by Gasteiger charge is 2.18. The summed E-state index contributed by atoms with van der Waals surface area (Å²) in [5.74, 6) is 4.15. The van der Waals surface area contributed by atoms with Gasteiger partial charge in [0.15, 0.2) is 0 Å². The van der Waals surface area contributed by atoms with Gasteiger partial charge in [0.05, 0.1) is 0 Å². The number of hydrogen-bond donors (Lipinski definition) is 1. The Morgan fingerprint density at radius 1 is 1.33 bits per heavy atom. The molecular formula is C13H22BrN3S. The lowest BCUT2D eigenvalue weighted by Gasteiger charge is -2.17. The summed E-state index contributed by atoms with van der Waals surface area (Å²) in [6.45, 7) is 9.51. The van der Waals surface area contributed by atoms with Crippen molar-refractivity contribution >= 4 is 33.5 Å². The molecule has 0 saturated heterocycles. The van der Waals surface area contributed by atoms with Crippen LogP contribution in [0.5, 0.6) is 0 Å². The molecule has 1 N–H and O–H groups in total. The Balaban J connectivity index is 2.58. The summed E-state index contributed by atoms with van der Waals surface area (Å²) in [5.41, 5.74) is -0.0295. The van der Waals surface area contributed by atoms with E-state index < -0.39 is 0 Å². The fourth-order valence-corrected chi connectivity index (χ4v) is 2.40. The van der Waals surface area contributed by atoms with Crippen molar-refractivity contribution in [1.82, 2.24) is 9.97 Å². The van der Waals surface area contributed by atoms with Gasteiger partial charge in [-0.3, -0.25) is 0 Å². The second-order valence-corrected chi connectivity index (χ2v) is 7.33. The average Bonchev–Trinajstić information content (AvgIpc) is 2.27. The van der Waals surface area contributed by atoms with Gasteiger partial charge in [-0.15, -0.1) is 0 Å². The van der Waals surface area contributed by atoms with Gasteiger partial charge in [0.2, 0.25) is 0 Å². The fraction of sp³-hybridized carbons (Fsp3) is 0.692. The van der Waals surface area contributed by atoms with Gasteiger partial charge in [-0.1, -0.05) is 27.7 Å². The predicted molar refractivity (Wildman–Crippen MR) is 84.5 cm³/mol. The van der Waals surface area contributed by atoms with E-state index in [-0.39, 0.29) is 5.41 Å². The molecule has 1 aromatic heterocycles. The minimum atomic E-state index is -0.0295. The van der Waals surface area contributed by atoms with E-state index in [0.717, 1.165) is 29.2 Å². The molecule has 5 heteroatoms. The molecule has 0 atom stereocenters. The molecule has 0 radical (unpaired) electrons. The van der Waals surface area contributed by atoms with Crippen LogP contribution in [0.3, 0.4) is 0 Å². The van der Waals surface area contributed by atoms with Gasteiger partial charge in [0, 0.05) is 18.0 Å². The quantitative estimate of drug-likeness (QED) is 0.629. The van der Waals surface area contributed by atoms with Crippen LogP contribution in [0.1, 0.15) is 39.9 Å². The number of hydrogen-bond acceptors (Lipinski definition) is 4. The molecule has 1 heterocycles. The molecule has 1 aromatic rings. The Hall–Kier alpha value is -0.290. The van der Waals surface area contributed by atoms with E-state index in [4.69, 9.17) is 0 Å². The van der Waals surface area contributed by atoms with E-state index in [1.807, 2.05) is 17.8 Å². The van der Waals surface area contributed by atoms with Gasteiger partial charge >= 0.3 is 0 Å². The maximum absolute atomic E-state index is 4.56. The number of aromatic nitrogens is 2. The summed E-state index contributed by atoms with van der Waals surface area (Å²) >= 11 is 5.42. The van der Waals surface area contributed by atoms with Crippen molar-refractivity contribution in [3.05, 3.63) is 16.5 Å². The van der Waals surface area contributed by atoms with Crippen LogP contribution in [0.25, 0.3) is 0 Å². The number of thioether (sulfide) groups is 1. The number of halogens is 1. The van der Waals surface area contributed by atoms with Gasteiger partial charge in [-0.2, -0.15) is 11.8 Å². The fourth-order valence-electron chi connectivity index (χ4n) is 1.38. The van der Waals surface area contributed by atoms with Crippen LogP contribution >= 0.6 is 27.7 Å². The van der Waals surface area contributed by atoms with Gasteiger partial charge in [0.25, 0.3) is 0 Å². The largest absolute Gasteiger partial charge is 0.370 e. The lowest BCUT2D eigenvalue weighted by atomic mass is 9.96. The van der Waals surface area contributed by atoms with Gasteiger partial charge in [-0.05, 0) is 33.9 Å². The molecule has 0 aliphatic heterocycles. The maximum atomic E-state index is 4.56. The molecule has 1 rings (SSSR count). The third-order valence-corrected chi connectivity index (χ3v) is 3.73. The first-order chi connectivity index (χ1) is 8.43. The summed E-state index contributed by atoms with van der Waals surface area (Å²) in [6.07, 6.45) is 1.16. The Morgan fingerprint density at radius 3 is 2.67 bits per heavy atom. The molecule has 0 spiro atoms. The highest BCUT2D eigenvalue weighted by atomic mass is 79.9. The summed E-state index contributed by atoms with van der Waals surface area (Å²) in [7, 11) is 0. The Kier molecular flexibility index (Phi) is 6.43. The molecule has 0 aliphatic rings. The molecule has 102 valence electrons. The second-order valence-electron chi connectivity index (χ2n) is 5.13. The third kappa shape index (κ3) is 5.57. The first kappa shape index (κ1) is 15.8. The molecule has 0 amide bonds. The highest BCUT2D eigenvalue weighted by molar-refractivity contribution is 9.10. The summed E-state index contributed by atoms with van der Waals surface area (Å²) in [4.78, 5) is 8.99. The molecule has 0 bridgehead atoms. The van der Waals surface area contributed by atoms with Crippen LogP contribution in [-0.4, -0.2) is 28.0 Å². The van der Waals surface area contributed by atoms with Gasteiger partial charge < -0.3 is 5.32 Å². The van der Waals surface area contributed by atoms with Crippen LogP contribution < -0.4 is 5.32 Å². The van der Waals surface area contributed by atoms with Crippen LogP contribution in [0.2, 0.25) is 0 Å².